The van der Waals surface area contributed by atoms with E-state index in [0.29, 0.717) is 0 Å². The molecule has 2 atom stereocenters. The van der Waals surface area contributed by atoms with Gasteiger partial charge in [-0.2, -0.15) is 0 Å². The molecule has 4 rings (SSSR count). The topological polar surface area (TPSA) is 0 Å². The molecule has 0 heterocycles. The fourth-order valence-corrected chi connectivity index (χ4v) is 23.2. The van der Waals surface area contributed by atoms with Gasteiger partial charge in [0.25, 0.3) is 0 Å². The molecule has 0 N–H and O–H groups in total. The van der Waals surface area contributed by atoms with Crippen molar-refractivity contribution in [3.63, 3.8) is 0 Å². The minimum absolute atomic E-state index is 0. The minimum atomic E-state index is -1.12. The molecule has 0 bridgehead atoms. The van der Waals surface area contributed by atoms with Crippen molar-refractivity contribution < 1.29 is 47.7 Å². The van der Waals surface area contributed by atoms with Gasteiger partial charge in [0.2, 0.25) is 0 Å². The quantitative estimate of drug-likeness (QED) is 0.0958. The van der Waals surface area contributed by atoms with E-state index >= 15 is 0 Å². The Morgan fingerprint density at radius 2 is 0.927 bits per heavy atom. The van der Waals surface area contributed by atoms with Crippen LogP contribution in [0.2, 0.25) is 0 Å². The van der Waals surface area contributed by atoms with Crippen LogP contribution < -0.4 is 24.8 Å². The van der Waals surface area contributed by atoms with Gasteiger partial charge < -0.3 is 24.8 Å². The number of benzene rings is 2. The molecule has 0 fully saturated rings. The molecule has 0 radical (unpaired) electrons. The van der Waals surface area contributed by atoms with E-state index in [0.717, 1.165) is 7.35 Å². The zero-order valence-electron chi connectivity index (χ0n) is 26.0. The average Bonchev–Trinajstić information content (AvgIpc) is 3.51. The summed E-state index contributed by atoms with van der Waals surface area (Å²) in [7, 11) is -0.0122. The zero-order chi connectivity index (χ0) is 27.5. The van der Waals surface area contributed by atoms with E-state index in [9.17, 15) is 0 Å². The number of allylic oxidation sites excluding steroid dienone is 2. The van der Waals surface area contributed by atoms with Crippen molar-refractivity contribution in [2.45, 2.75) is 99.3 Å². The number of unbranched alkanes of at least 4 members (excludes halogenated alkanes) is 6. The summed E-state index contributed by atoms with van der Waals surface area (Å²) in [5.41, 5.74) is 6.54. The molecule has 41 heavy (non-hydrogen) atoms. The smallest absolute Gasteiger partial charge is 1.00 e. The predicted molar refractivity (Wildman–Crippen MR) is 176 cm³/mol. The van der Waals surface area contributed by atoms with Gasteiger partial charge in [-0.3, -0.25) is 0 Å². The number of hydrogen-bond donors (Lipinski definition) is 0. The van der Waals surface area contributed by atoms with Crippen LogP contribution in [-0.2, 0) is 22.9 Å². The molecule has 224 valence electrons. The number of hydrogen-bond acceptors (Lipinski definition) is 0. The van der Waals surface area contributed by atoms with Gasteiger partial charge >= 0.3 is 256 Å². The molecule has 2 aromatic carbocycles. The second kappa shape index (κ2) is 20.3. The van der Waals surface area contributed by atoms with Gasteiger partial charge in [0.05, 0.1) is 0 Å². The molecular weight excluding hydrogens is 744 g/mol. The maximum Gasteiger partial charge on any atom is -1.00 e. The summed E-state index contributed by atoms with van der Waals surface area (Å²) in [5.74, 6) is 0. The third kappa shape index (κ3) is 10.1. The molecule has 0 aliphatic heterocycles. The fraction of sp³-hybridized carbons (Fsp3) is 0.556. The van der Waals surface area contributed by atoms with E-state index in [-0.39, 0.29) is 40.7 Å². The molecule has 2 unspecified atom stereocenters. The maximum absolute atomic E-state index is 2.73. The van der Waals surface area contributed by atoms with Crippen molar-refractivity contribution in [3.05, 3.63) is 81.4 Å². The van der Waals surface area contributed by atoms with Crippen molar-refractivity contribution in [1.82, 2.24) is 0 Å². The van der Waals surface area contributed by atoms with Crippen molar-refractivity contribution >= 4 is 28.0 Å². The molecule has 0 aromatic heterocycles. The predicted octanol–water partition coefficient (Wildman–Crippen LogP) is 6.21. The summed E-state index contributed by atoms with van der Waals surface area (Å²) in [4.78, 5) is 0. The Labute approximate surface area is 279 Å². The molecule has 0 saturated heterocycles. The second-order valence-corrected chi connectivity index (χ2v) is 21.9. The van der Waals surface area contributed by atoms with Crippen LogP contribution in [0, 0.1) is 0 Å². The standard InChI is InChI=1S/C21H32P.C15H20P.2ClH.Hf/c1-3-5-7-11-15-22(16-12-8-6-4-2)21-17-19-13-9-10-14-20(19)18-21;1-3-9-16(10-4-2)15-11-13-7-5-6-8-14(13)12-15;;;/h9-10,13-14,17-18H,3-8,11-12,15-16H2,1-2H3;5-8,11-12H,3-4,9-10H2,1-2H3;2*1H;/q;;;;+2/p-2. The van der Waals surface area contributed by atoms with Gasteiger partial charge in [-0.1, -0.05) is 0 Å². The van der Waals surface area contributed by atoms with Crippen LogP contribution in [0.4, 0.5) is 0 Å². The van der Waals surface area contributed by atoms with Crippen LogP contribution in [0.5, 0.6) is 0 Å². The third-order valence-corrected chi connectivity index (χ3v) is 23.0. The second-order valence-electron chi connectivity index (χ2n) is 11.5. The largest absolute Gasteiger partial charge is 1.00 e. The molecular formula is C36H52Cl2HfP2. The number of rotatable bonds is 18. The van der Waals surface area contributed by atoms with Gasteiger partial charge in [-0.15, -0.1) is 0 Å². The summed E-state index contributed by atoms with van der Waals surface area (Å²) in [6.45, 7) is 9.51. The first-order valence-electron chi connectivity index (χ1n) is 16.1. The summed E-state index contributed by atoms with van der Waals surface area (Å²) in [6.07, 6.45) is 25.1. The van der Waals surface area contributed by atoms with Crippen molar-refractivity contribution in [1.29, 1.82) is 0 Å². The van der Waals surface area contributed by atoms with Crippen LogP contribution in [0.15, 0.2) is 59.2 Å². The SMILES string of the molecule is CCCCCCP(CCCCCC)C1=Cc2ccccc2[CH]1[Hf+2][CH]1C(P(CCC)CCC)=Cc2ccccc21.[Cl-].[Cl-]. The zero-order valence-corrected chi connectivity index (χ0v) is 32.9. The normalized spacial score (nSPS) is 16.9. The molecule has 0 nitrogen and oxygen atoms in total. The summed E-state index contributed by atoms with van der Waals surface area (Å²) in [5, 5.41) is 3.83. The van der Waals surface area contributed by atoms with E-state index in [1.807, 2.05) is 10.6 Å². The molecule has 2 aliphatic carbocycles. The molecule has 0 amide bonds. The molecule has 5 heteroatoms. The van der Waals surface area contributed by atoms with E-state index in [1.165, 1.54) is 88.9 Å². The maximum atomic E-state index is 2.73. The van der Waals surface area contributed by atoms with Crippen LogP contribution in [0.1, 0.15) is 122 Å². The van der Waals surface area contributed by atoms with E-state index < -0.39 is 22.9 Å². The van der Waals surface area contributed by atoms with Crippen molar-refractivity contribution in [2.24, 2.45) is 0 Å². The average molecular weight is 796 g/mol. The Balaban J connectivity index is 0.00000294. The number of fused-ring (bicyclic) bond motifs is 2. The molecule has 0 spiro atoms. The Morgan fingerprint density at radius 3 is 1.34 bits per heavy atom. The van der Waals surface area contributed by atoms with Crippen LogP contribution in [0.25, 0.3) is 12.2 Å². The molecule has 2 aliphatic rings. The van der Waals surface area contributed by atoms with Crippen molar-refractivity contribution in [2.75, 3.05) is 24.6 Å². The summed E-state index contributed by atoms with van der Waals surface area (Å²) in [6, 6.07) is 19.1. The van der Waals surface area contributed by atoms with Crippen molar-refractivity contribution in [3.8, 4) is 0 Å². The van der Waals surface area contributed by atoms with Gasteiger partial charge in [0.1, 0.15) is 0 Å². The minimum Gasteiger partial charge on any atom is -1.00 e. The van der Waals surface area contributed by atoms with E-state index in [4.69, 9.17) is 0 Å². The summed E-state index contributed by atoms with van der Waals surface area (Å²) >= 11 is -1.12. The summed E-state index contributed by atoms with van der Waals surface area (Å²) < 4.78 is 1.59. The van der Waals surface area contributed by atoms with E-state index in [2.05, 4.69) is 88.4 Å². The Hall–Kier alpha value is 0.230. The van der Waals surface area contributed by atoms with Gasteiger partial charge in [-0.25, -0.2) is 0 Å². The monoisotopic (exact) mass is 796 g/mol. The van der Waals surface area contributed by atoms with Crippen LogP contribution >= 0.6 is 15.8 Å². The van der Waals surface area contributed by atoms with Gasteiger partial charge in [0, 0.05) is 0 Å². The first kappa shape index (κ1) is 37.4. The Morgan fingerprint density at radius 1 is 0.512 bits per heavy atom. The van der Waals surface area contributed by atoms with Crippen LogP contribution in [-0.4, -0.2) is 24.6 Å². The molecule has 2 aromatic rings. The Kier molecular flexibility index (Phi) is 18.5. The van der Waals surface area contributed by atoms with Crippen LogP contribution in [0.3, 0.4) is 0 Å². The Bertz CT molecular complexity index is 1080. The fourth-order valence-electron chi connectivity index (χ4n) is 6.42. The first-order chi connectivity index (χ1) is 19.2. The molecule has 0 saturated carbocycles. The third-order valence-electron chi connectivity index (χ3n) is 8.43. The van der Waals surface area contributed by atoms with Gasteiger partial charge in [-0.05, 0) is 0 Å². The van der Waals surface area contributed by atoms with E-state index in [1.54, 1.807) is 22.3 Å². The number of halogens is 2. The first-order valence-corrected chi connectivity index (χ1v) is 23.7. The van der Waals surface area contributed by atoms with Gasteiger partial charge in [0.15, 0.2) is 0 Å².